The summed E-state index contributed by atoms with van der Waals surface area (Å²) in [7, 11) is 0. The van der Waals surface area contributed by atoms with Crippen LogP contribution >= 0.6 is 0 Å². The number of aromatic nitrogens is 4. The maximum Gasteiger partial charge on any atom is 0.311 e. The van der Waals surface area contributed by atoms with Crippen molar-refractivity contribution in [2.45, 2.75) is 52.0 Å². The van der Waals surface area contributed by atoms with Crippen LogP contribution in [0.25, 0.3) is 0 Å². The van der Waals surface area contributed by atoms with Crippen LogP contribution in [0.3, 0.4) is 0 Å². The van der Waals surface area contributed by atoms with Gasteiger partial charge in [0.2, 0.25) is 0 Å². The van der Waals surface area contributed by atoms with E-state index in [0.29, 0.717) is 18.9 Å². The average Bonchev–Trinajstić information content (AvgIpc) is 2.86. The molecule has 21 heavy (non-hydrogen) atoms. The molecule has 0 aliphatic heterocycles. The first-order valence-electron chi connectivity index (χ1n) is 8.04. The van der Waals surface area contributed by atoms with Crippen molar-refractivity contribution in [1.29, 1.82) is 0 Å². The molecule has 3 fully saturated rings. The van der Waals surface area contributed by atoms with Gasteiger partial charge in [-0.3, -0.25) is 4.79 Å². The minimum Gasteiger partial charge on any atom is -0.481 e. The van der Waals surface area contributed by atoms with Crippen LogP contribution in [0.15, 0.2) is 0 Å². The molecule has 0 saturated heterocycles. The number of rotatable bonds is 5. The Kier molecular flexibility index (Phi) is 2.69. The molecule has 0 spiro atoms. The van der Waals surface area contributed by atoms with Gasteiger partial charge in [-0.15, -0.1) is 5.10 Å². The van der Waals surface area contributed by atoms with Crippen LogP contribution in [0, 0.1) is 29.1 Å². The van der Waals surface area contributed by atoms with E-state index < -0.39 is 11.4 Å². The fourth-order valence-electron chi connectivity index (χ4n) is 4.89. The van der Waals surface area contributed by atoms with E-state index in [9.17, 15) is 9.90 Å². The third-order valence-electron chi connectivity index (χ3n) is 6.39. The standard InChI is InChI=1S/C15H22N4O2/c1-3-15(2,14(20)21)7-19-13(16-17-18-19)12-10-8-4-5-9(6-8)11(10)12/h8-12H,3-7H2,1-2H3,(H,20,21). The Bertz CT molecular complexity index is 570. The molecule has 1 aromatic rings. The number of carbonyl (C=O) groups is 1. The molecule has 1 N–H and O–H groups in total. The first-order valence-corrected chi connectivity index (χ1v) is 8.04. The van der Waals surface area contributed by atoms with Crippen LogP contribution < -0.4 is 0 Å². The fraction of sp³-hybridized carbons (Fsp3) is 0.867. The van der Waals surface area contributed by atoms with E-state index in [-0.39, 0.29) is 0 Å². The lowest BCUT2D eigenvalue weighted by molar-refractivity contribution is -0.149. The minimum absolute atomic E-state index is 0.368. The Morgan fingerprint density at radius 1 is 1.38 bits per heavy atom. The summed E-state index contributed by atoms with van der Waals surface area (Å²) in [5.41, 5.74) is -0.798. The molecule has 3 aliphatic rings. The van der Waals surface area contributed by atoms with Gasteiger partial charge >= 0.3 is 5.97 Å². The number of hydrogen-bond acceptors (Lipinski definition) is 4. The van der Waals surface area contributed by atoms with Gasteiger partial charge in [0.25, 0.3) is 0 Å². The lowest BCUT2D eigenvalue weighted by Gasteiger charge is -2.23. The van der Waals surface area contributed by atoms with E-state index in [0.717, 1.165) is 29.5 Å². The highest BCUT2D eigenvalue weighted by molar-refractivity contribution is 5.73. The summed E-state index contributed by atoms with van der Waals surface area (Å²) in [5, 5.41) is 21.6. The molecule has 3 saturated carbocycles. The Balaban J connectivity index is 1.57. The summed E-state index contributed by atoms with van der Waals surface area (Å²) < 4.78 is 1.76. The molecular weight excluding hydrogens is 268 g/mol. The largest absolute Gasteiger partial charge is 0.481 e. The maximum absolute atomic E-state index is 11.5. The van der Waals surface area contributed by atoms with Crippen molar-refractivity contribution in [3.05, 3.63) is 5.82 Å². The maximum atomic E-state index is 11.5. The molecule has 114 valence electrons. The second-order valence-corrected chi connectivity index (χ2v) is 7.43. The van der Waals surface area contributed by atoms with E-state index in [1.54, 1.807) is 11.6 Å². The van der Waals surface area contributed by atoms with Crippen LogP contribution in [0.1, 0.15) is 51.3 Å². The van der Waals surface area contributed by atoms with Crippen molar-refractivity contribution in [2.24, 2.45) is 29.1 Å². The van der Waals surface area contributed by atoms with Crippen LogP contribution in [0.4, 0.5) is 0 Å². The second-order valence-electron chi connectivity index (χ2n) is 7.43. The van der Waals surface area contributed by atoms with Crippen LogP contribution in [-0.4, -0.2) is 31.3 Å². The highest BCUT2D eigenvalue weighted by Gasteiger charge is 2.66. The molecule has 0 radical (unpaired) electrons. The summed E-state index contributed by atoms with van der Waals surface area (Å²) in [6.45, 7) is 4.05. The highest BCUT2D eigenvalue weighted by Crippen LogP contribution is 2.72. The number of carboxylic acid groups (broad SMARTS) is 1. The first kappa shape index (κ1) is 13.2. The molecule has 1 heterocycles. The van der Waals surface area contributed by atoms with Gasteiger partial charge in [0.05, 0.1) is 12.0 Å². The molecule has 0 aromatic carbocycles. The third-order valence-corrected chi connectivity index (χ3v) is 6.39. The van der Waals surface area contributed by atoms with Gasteiger partial charge in [-0.25, -0.2) is 4.68 Å². The van der Waals surface area contributed by atoms with E-state index in [1.807, 2.05) is 6.92 Å². The normalized spacial score (nSPS) is 39.0. The monoisotopic (exact) mass is 290 g/mol. The molecule has 5 unspecified atom stereocenters. The quantitative estimate of drug-likeness (QED) is 0.896. The third kappa shape index (κ3) is 1.77. The Hall–Kier alpha value is -1.46. The van der Waals surface area contributed by atoms with Crippen LogP contribution in [0.5, 0.6) is 0 Å². The molecular formula is C15H22N4O2. The van der Waals surface area contributed by atoms with Gasteiger partial charge in [0.1, 0.15) is 0 Å². The number of carboxylic acids is 1. The number of hydrogen-bond donors (Lipinski definition) is 1. The summed E-state index contributed by atoms with van der Waals surface area (Å²) in [6.07, 6.45) is 4.71. The van der Waals surface area contributed by atoms with E-state index in [1.165, 1.54) is 19.3 Å². The molecule has 6 heteroatoms. The van der Waals surface area contributed by atoms with E-state index >= 15 is 0 Å². The van der Waals surface area contributed by atoms with Crippen molar-refractivity contribution >= 4 is 5.97 Å². The Morgan fingerprint density at radius 2 is 2.05 bits per heavy atom. The van der Waals surface area contributed by atoms with Gasteiger partial charge in [-0.1, -0.05) is 6.92 Å². The predicted molar refractivity (Wildman–Crippen MR) is 74.4 cm³/mol. The zero-order valence-electron chi connectivity index (χ0n) is 12.6. The van der Waals surface area contributed by atoms with Gasteiger partial charge in [-0.05, 0) is 66.7 Å². The summed E-state index contributed by atoms with van der Waals surface area (Å²) >= 11 is 0. The zero-order valence-corrected chi connectivity index (χ0v) is 12.6. The molecule has 0 amide bonds. The van der Waals surface area contributed by atoms with E-state index in [4.69, 9.17) is 0 Å². The molecule has 3 aliphatic carbocycles. The van der Waals surface area contributed by atoms with Crippen LogP contribution in [-0.2, 0) is 11.3 Å². The average molecular weight is 290 g/mol. The van der Waals surface area contributed by atoms with Crippen molar-refractivity contribution < 1.29 is 9.90 Å². The number of aliphatic carboxylic acids is 1. The van der Waals surface area contributed by atoms with Gasteiger partial charge in [0.15, 0.2) is 5.82 Å². The number of nitrogens with zero attached hydrogens (tertiary/aromatic N) is 4. The first-order chi connectivity index (χ1) is 10.0. The van der Waals surface area contributed by atoms with Crippen molar-refractivity contribution in [2.75, 3.05) is 0 Å². The topological polar surface area (TPSA) is 80.9 Å². The summed E-state index contributed by atoms with van der Waals surface area (Å²) in [4.78, 5) is 11.5. The molecule has 4 rings (SSSR count). The Labute approximate surface area is 123 Å². The molecule has 6 nitrogen and oxygen atoms in total. The second kappa shape index (κ2) is 4.27. The SMILES string of the molecule is CCC(C)(Cn1nnnc1C1C2C3CCC(C3)C12)C(=O)O. The lowest BCUT2D eigenvalue weighted by atomic mass is 9.87. The van der Waals surface area contributed by atoms with Gasteiger partial charge in [-0.2, -0.15) is 0 Å². The van der Waals surface area contributed by atoms with E-state index in [2.05, 4.69) is 15.5 Å². The van der Waals surface area contributed by atoms with Gasteiger partial charge < -0.3 is 5.11 Å². The summed E-state index contributed by atoms with van der Waals surface area (Å²) in [6, 6.07) is 0. The molecule has 1 aromatic heterocycles. The Morgan fingerprint density at radius 3 is 2.62 bits per heavy atom. The van der Waals surface area contributed by atoms with Crippen LogP contribution in [0.2, 0.25) is 0 Å². The molecule has 5 atom stereocenters. The molecule has 2 bridgehead atoms. The van der Waals surface area contributed by atoms with Crippen molar-refractivity contribution in [3.63, 3.8) is 0 Å². The number of tetrazole rings is 1. The predicted octanol–water partition coefficient (Wildman–Crippen LogP) is 1.93. The zero-order chi connectivity index (χ0) is 14.8. The van der Waals surface area contributed by atoms with Crippen molar-refractivity contribution in [3.8, 4) is 0 Å². The minimum atomic E-state index is -0.798. The highest BCUT2D eigenvalue weighted by atomic mass is 16.4. The smallest absolute Gasteiger partial charge is 0.311 e. The fourth-order valence-corrected chi connectivity index (χ4v) is 4.89. The van der Waals surface area contributed by atoms with Gasteiger partial charge in [0, 0.05) is 5.92 Å². The van der Waals surface area contributed by atoms with Crippen molar-refractivity contribution in [1.82, 2.24) is 20.2 Å². The number of fused-ring (bicyclic) bond motifs is 5. The lowest BCUT2D eigenvalue weighted by Crippen LogP contribution is -2.33. The summed E-state index contributed by atoms with van der Waals surface area (Å²) in [5.74, 6) is 3.92.